The molecule has 0 aliphatic rings. The van der Waals surface area contributed by atoms with Gasteiger partial charge < -0.3 is 9.84 Å². The first-order chi connectivity index (χ1) is 12.2. The van der Waals surface area contributed by atoms with Crippen LogP contribution in [0.2, 0.25) is 0 Å². The van der Waals surface area contributed by atoms with Gasteiger partial charge in [0.05, 0.1) is 25.9 Å². The third kappa shape index (κ3) is 4.94. The van der Waals surface area contributed by atoms with Crippen molar-refractivity contribution >= 4 is 11.9 Å². The molecule has 1 N–H and O–H groups in total. The molecule has 0 bridgehead atoms. The first kappa shape index (κ1) is 16.8. The highest BCUT2D eigenvalue weighted by atomic mass is 16.5. The smallest absolute Gasteiger partial charge is 0.243 e. The van der Waals surface area contributed by atoms with Gasteiger partial charge in [-0.2, -0.15) is 0 Å². The third-order valence-corrected chi connectivity index (χ3v) is 3.76. The maximum atomic E-state index is 10.1. The van der Waals surface area contributed by atoms with Crippen molar-refractivity contribution in [1.82, 2.24) is 4.57 Å². The van der Waals surface area contributed by atoms with Crippen LogP contribution in [0, 0.1) is 0 Å². The summed E-state index contributed by atoms with van der Waals surface area (Å²) in [6.45, 7) is 1.49. The molecule has 2 aromatic carbocycles. The topological polar surface area (TPSA) is 50.6 Å². The molecule has 0 aliphatic heterocycles. The highest BCUT2D eigenvalue weighted by Gasteiger charge is 2.03. The number of imidazole rings is 1. The Hall–Kier alpha value is -3.08. The number of benzene rings is 2. The molecule has 0 spiro atoms. The zero-order valence-corrected chi connectivity index (χ0v) is 14.2. The van der Waals surface area contributed by atoms with Gasteiger partial charge in [0.15, 0.2) is 0 Å². The van der Waals surface area contributed by atoms with E-state index in [1.165, 1.54) is 0 Å². The van der Waals surface area contributed by atoms with Crippen LogP contribution in [0.4, 0.5) is 5.69 Å². The lowest BCUT2D eigenvalue weighted by molar-refractivity contribution is -0.671. The molecule has 0 saturated carbocycles. The van der Waals surface area contributed by atoms with E-state index < -0.39 is 0 Å². The van der Waals surface area contributed by atoms with E-state index in [1.54, 1.807) is 12.3 Å². The Morgan fingerprint density at radius 2 is 2.04 bits per heavy atom. The largest absolute Gasteiger partial charge is 0.507 e. The Morgan fingerprint density at radius 3 is 2.76 bits per heavy atom. The SMILES string of the molecule is C[n+]1ccn(CCCOc2ccc(C=Nc3ccccc3)c(O)c2)c1. The first-order valence-corrected chi connectivity index (χ1v) is 8.27. The monoisotopic (exact) mass is 336 g/mol. The zero-order chi connectivity index (χ0) is 17.5. The molecule has 0 saturated heterocycles. The van der Waals surface area contributed by atoms with E-state index in [-0.39, 0.29) is 5.75 Å². The minimum atomic E-state index is 0.162. The van der Waals surface area contributed by atoms with Gasteiger partial charge in [0, 0.05) is 24.3 Å². The number of phenols is 1. The van der Waals surface area contributed by atoms with Gasteiger partial charge in [-0.3, -0.25) is 4.99 Å². The second-order valence-electron chi connectivity index (χ2n) is 5.83. The molecular formula is C20H22N3O2+. The molecule has 3 aromatic rings. The fraction of sp³-hybridized carbons (Fsp3) is 0.200. The van der Waals surface area contributed by atoms with Crippen LogP contribution < -0.4 is 9.30 Å². The highest BCUT2D eigenvalue weighted by Crippen LogP contribution is 2.23. The number of hydrogen-bond donors (Lipinski definition) is 1. The van der Waals surface area contributed by atoms with Crippen molar-refractivity contribution in [3.63, 3.8) is 0 Å². The van der Waals surface area contributed by atoms with E-state index in [1.807, 2.05) is 72.8 Å². The second-order valence-corrected chi connectivity index (χ2v) is 5.83. The lowest BCUT2D eigenvalue weighted by Gasteiger charge is -2.07. The number of phenolic OH excluding ortho intramolecular Hbond substituents is 1. The van der Waals surface area contributed by atoms with Crippen LogP contribution in [0.5, 0.6) is 11.5 Å². The summed E-state index contributed by atoms with van der Waals surface area (Å²) in [7, 11) is 2.00. The molecule has 1 heterocycles. The maximum absolute atomic E-state index is 10.1. The first-order valence-electron chi connectivity index (χ1n) is 8.27. The summed E-state index contributed by atoms with van der Waals surface area (Å²) in [6, 6.07) is 14.9. The summed E-state index contributed by atoms with van der Waals surface area (Å²) in [6.07, 6.45) is 8.63. The van der Waals surface area contributed by atoms with E-state index in [2.05, 4.69) is 9.56 Å². The predicted octanol–water partition coefficient (Wildman–Crippen LogP) is 3.24. The quantitative estimate of drug-likeness (QED) is 0.409. The van der Waals surface area contributed by atoms with Gasteiger partial charge in [0.25, 0.3) is 0 Å². The minimum absolute atomic E-state index is 0.162. The Morgan fingerprint density at radius 1 is 1.20 bits per heavy atom. The van der Waals surface area contributed by atoms with E-state index in [9.17, 15) is 5.11 Å². The number of ether oxygens (including phenoxy) is 1. The Kier molecular flexibility index (Phi) is 5.46. The zero-order valence-electron chi connectivity index (χ0n) is 14.2. The van der Waals surface area contributed by atoms with Crippen LogP contribution in [-0.2, 0) is 13.6 Å². The van der Waals surface area contributed by atoms with Crippen LogP contribution in [0.3, 0.4) is 0 Å². The van der Waals surface area contributed by atoms with Crippen molar-refractivity contribution in [2.75, 3.05) is 6.61 Å². The number of aromatic hydroxyl groups is 1. The number of hydrogen-bond acceptors (Lipinski definition) is 3. The molecule has 0 radical (unpaired) electrons. The number of para-hydroxylation sites is 1. The number of aliphatic imine (C=N–C) groups is 1. The molecule has 25 heavy (non-hydrogen) atoms. The fourth-order valence-corrected chi connectivity index (χ4v) is 2.45. The van der Waals surface area contributed by atoms with Crippen molar-refractivity contribution in [1.29, 1.82) is 0 Å². The molecule has 0 unspecified atom stereocenters. The number of aryl methyl sites for hydroxylation is 2. The third-order valence-electron chi connectivity index (χ3n) is 3.76. The number of nitrogens with zero attached hydrogens (tertiary/aromatic N) is 3. The van der Waals surface area contributed by atoms with Crippen LogP contribution in [0.1, 0.15) is 12.0 Å². The normalized spacial score (nSPS) is 11.1. The van der Waals surface area contributed by atoms with Crippen LogP contribution in [-0.4, -0.2) is 22.5 Å². The summed E-state index contributed by atoms with van der Waals surface area (Å²) in [4.78, 5) is 4.35. The van der Waals surface area contributed by atoms with Gasteiger partial charge in [-0.05, 0) is 24.3 Å². The van der Waals surface area contributed by atoms with Crippen molar-refractivity contribution in [3.05, 3.63) is 72.8 Å². The van der Waals surface area contributed by atoms with Gasteiger partial charge in [-0.1, -0.05) is 18.2 Å². The minimum Gasteiger partial charge on any atom is -0.507 e. The Labute approximate surface area is 147 Å². The summed E-state index contributed by atoms with van der Waals surface area (Å²) >= 11 is 0. The molecule has 3 rings (SSSR count). The summed E-state index contributed by atoms with van der Waals surface area (Å²) in [5.41, 5.74) is 1.51. The second kappa shape index (κ2) is 8.15. The molecule has 0 fully saturated rings. The predicted molar refractivity (Wildman–Crippen MR) is 97.5 cm³/mol. The van der Waals surface area contributed by atoms with Crippen LogP contribution in [0.15, 0.2) is 72.2 Å². The van der Waals surface area contributed by atoms with E-state index in [0.29, 0.717) is 17.9 Å². The number of aromatic nitrogens is 2. The molecular weight excluding hydrogens is 314 g/mol. The highest BCUT2D eigenvalue weighted by molar-refractivity contribution is 5.85. The lowest BCUT2D eigenvalue weighted by atomic mass is 10.2. The summed E-state index contributed by atoms with van der Waals surface area (Å²) in [5.74, 6) is 0.821. The Balaban J connectivity index is 1.52. The molecule has 0 amide bonds. The van der Waals surface area contributed by atoms with Crippen molar-refractivity contribution in [2.45, 2.75) is 13.0 Å². The molecule has 0 atom stereocenters. The summed E-state index contributed by atoms with van der Waals surface area (Å²) < 4.78 is 9.83. The van der Waals surface area contributed by atoms with Crippen molar-refractivity contribution in [2.24, 2.45) is 12.0 Å². The van der Waals surface area contributed by atoms with Crippen LogP contribution >= 0.6 is 0 Å². The average molecular weight is 336 g/mol. The average Bonchev–Trinajstić information content (AvgIpc) is 3.04. The van der Waals surface area contributed by atoms with Gasteiger partial charge >= 0.3 is 0 Å². The standard InChI is InChI=1S/C20H21N3O2/c1-22-11-12-23(16-22)10-5-13-25-19-9-8-17(20(24)14-19)15-21-18-6-3-2-4-7-18/h2-4,6-9,11-12,14-16H,5,10,13H2,1H3/p+1. The van der Waals surface area contributed by atoms with Gasteiger partial charge in [-0.25, -0.2) is 9.13 Å². The van der Waals surface area contributed by atoms with Gasteiger partial charge in [-0.15, -0.1) is 0 Å². The summed E-state index contributed by atoms with van der Waals surface area (Å²) in [5, 5.41) is 10.1. The lowest BCUT2D eigenvalue weighted by Crippen LogP contribution is -2.23. The number of rotatable bonds is 7. The molecule has 5 nitrogen and oxygen atoms in total. The Bertz CT molecular complexity index is 841. The van der Waals surface area contributed by atoms with Crippen molar-refractivity contribution in [3.8, 4) is 11.5 Å². The fourth-order valence-electron chi connectivity index (χ4n) is 2.45. The molecule has 0 aliphatic carbocycles. The molecule has 1 aromatic heterocycles. The van der Waals surface area contributed by atoms with Gasteiger partial charge in [0.2, 0.25) is 6.33 Å². The molecule has 128 valence electrons. The maximum Gasteiger partial charge on any atom is 0.243 e. The van der Waals surface area contributed by atoms with E-state index in [4.69, 9.17) is 4.74 Å². The van der Waals surface area contributed by atoms with E-state index >= 15 is 0 Å². The van der Waals surface area contributed by atoms with Crippen LogP contribution in [0.25, 0.3) is 0 Å². The van der Waals surface area contributed by atoms with Crippen molar-refractivity contribution < 1.29 is 14.4 Å². The van der Waals surface area contributed by atoms with E-state index in [0.717, 1.165) is 18.7 Å². The molecule has 5 heteroatoms. The van der Waals surface area contributed by atoms with Gasteiger partial charge in [0.1, 0.15) is 23.9 Å².